The molecular formula is C23H39IN4O3. The van der Waals surface area contributed by atoms with Crippen molar-refractivity contribution >= 4 is 36.0 Å². The van der Waals surface area contributed by atoms with Gasteiger partial charge in [-0.1, -0.05) is 12.1 Å². The molecule has 0 saturated carbocycles. The molecule has 1 amide bonds. The van der Waals surface area contributed by atoms with Gasteiger partial charge in [0.1, 0.15) is 11.4 Å². The molecule has 1 saturated heterocycles. The van der Waals surface area contributed by atoms with Gasteiger partial charge in [-0.15, -0.1) is 24.0 Å². The number of carbonyl (C=O) groups excluding carboxylic acids is 1. The van der Waals surface area contributed by atoms with E-state index in [-0.39, 0.29) is 30.1 Å². The smallest absolute Gasteiger partial charge is 0.410 e. The third-order valence-corrected chi connectivity index (χ3v) is 4.89. The molecule has 1 aromatic carbocycles. The number of likely N-dealkylation sites (tertiary alicyclic amines) is 1. The van der Waals surface area contributed by atoms with E-state index in [4.69, 9.17) is 14.5 Å². The monoisotopic (exact) mass is 546 g/mol. The van der Waals surface area contributed by atoms with E-state index in [1.54, 1.807) is 7.11 Å². The third-order valence-electron chi connectivity index (χ3n) is 4.89. The Labute approximate surface area is 204 Å². The third kappa shape index (κ3) is 10.4. The Balaban J connectivity index is 0.00000480. The Morgan fingerprint density at radius 1 is 1.23 bits per heavy atom. The number of guanidine groups is 1. The number of piperidine rings is 1. The molecule has 1 aliphatic heterocycles. The highest BCUT2D eigenvalue weighted by atomic mass is 127. The minimum Gasteiger partial charge on any atom is -0.497 e. The van der Waals surface area contributed by atoms with Crippen molar-refractivity contribution < 1.29 is 14.3 Å². The van der Waals surface area contributed by atoms with E-state index in [0.29, 0.717) is 19.0 Å². The Bertz CT molecular complexity index is 689. The predicted molar refractivity (Wildman–Crippen MR) is 137 cm³/mol. The van der Waals surface area contributed by atoms with Crippen molar-refractivity contribution in [1.29, 1.82) is 0 Å². The highest BCUT2D eigenvalue weighted by molar-refractivity contribution is 14.0. The van der Waals surface area contributed by atoms with E-state index >= 15 is 0 Å². The van der Waals surface area contributed by atoms with Crippen molar-refractivity contribution in [3.8, 4) is 5.75 Å². The van der Waals surface area contributed by atoms with E-state index in [2.05, 4.69) is 29.7 Å². The summed E-state index contributed by atoms with van der Waals surface area (Å²) in [7, 11) is 1.68. The number of ether oxygens (including phenoxy) is 2. The predicted octanol–water partition coefficient (Wildman–Crippen LogP) is 4.06. The van der Waals surface area contributed by atoms with E-state index in [1.165, 1.54) is 5.56 Å². The fourth-order valence-electron chi connectivity index (χ4n) is 3.39. The maximum atomic E-state index is 12.4. The molecule has 0 bridgehead atoms. The average molecular weight is 546 g/mol. The van der Waals surface area contributed by atoms with E-state index < -0.39 is 5.60 Å². The first-order chi connectivity index (χ1) is 14.3. The first-order valence-corrected chi connectivity index (χ1v) is 10.9. The van der Waals surface area contributed by atoms with Crippen LogP contribution >= 0.6 is 24.0 Å². The molecule has 8 heteroatoms. The number of amides is 1. The maximum Gasteiger partial charge on any atom is 0.410 e. The van der Waals surface area contributed by atoms with Crippen LogP contribution in [0.3, 0.4) is 0 Å². The molecule has 2 N–H and O–H groups in total. The SMILES string of the molecule is CCNC(=NCC1CCCN(C(=O)OC(C)(C)C)C1)NCCc1ccc(OC)cc1.I. The fourth-order valence-corrected chi connectivity index (χ4v) is 3.39. The normalized spacial score (nSPS) is 16.9. The van der Waals surface area contributed by atoms with Gasteiger partial charge in [0.15, 0.2) is 5.96 Å². The van der Waals surface area contributed by atoms with E-state index in [1.807, 2.05) is 37.8 Å². The van der Waals surface area contributed by atoms with Gasteiger partial charge in [0.05, 0.1) is 7.11 Å². The molecule has 1 fully saturated rings. The van der Waals surface area contributed by atoms with Crippen molar-refractivity contribution in [2.45, 2.75) is 52.6 Å². The summed E-state index contributed by atoms with van der Waals surface area (Å²) in [5.74, 6) is 2.04. The van der Waals surface area contributed by atoms with Crippen LogP contribution in [0.2, 0.25) is 0 Å². The van der Waals surface area contributed by atoms with Crippen molar-refractivity contribution in [2.24, 2.45) is 10.9 Å². The lowest BCUT2D eigenvalue weighted by atomic mass is 9.98. The lowest BCUT2D eigenvalue weighted by Crippen LogP contribution is -2.44. The van der Waals surface area contributed by atoms with Crippen molar-refractivity contribution in [2.75, 3.05) is 39.8 Å². The van der Waals surface area contributed by atoms with E-state index in [0.717, 1.165) is 50.6 Å². The highest BCUT2D eigenvalue weighted by Gasteiger charge is 2.27. The van der Waals surface area contributed by atoms with Crippen LogP contribution in [-0.4, -0.2) is 62.4 Å². The Hall–Kier alpha value is -1.71. The highest BCUT2D eigenvalue weighted by Crippen LogP contribution is 2.19. The summed E-state index contributed by atoms with van der Waals surface area (Å²) in [6.07, 6.45) is 2.75. The Morgan fingerprint density at radius 3 is 2.55 bits per heavy atom. The maximum absolute atomic E-state index is 12.4. The number of hydrogen-bond acceptors (Lipinski definition) is 4. The number of rotatable bonds is 7. The summed E-state index contributed by atoms with van der Waals surface area (Å²) < 4.78 is 10.7. The number of carbonyl (C=O) groups is 1. The first-order valence-electron chi connectivity index (χ1n) is 10.9. The van der Waals surface area contributed by atoms with Crippen LogP contribution in [0.15, 0.2) is 29.3 Å². The molecule has 1 atom stereocenters. The summed E-state index contributed by atoms with van der Waals surface area (Å²) in [6.45, 7) is 11.5. The average Bonchev–Trinajstić information content (AvgIpc) is 2.71. The standard InChI is InChI=1S/C23H38N4O3.HI/c1-6-24-21(25-14-13-18-9-11-20(29-5)12-10-18)26-16-19-8-7-15-27(17-19)22(28)30-23(2,3)4;/h9-12,19H,6-8,13-17H2,1-5H3,(H2,24,25,26);1H. The molecule has 0 aromatic heterocycles. The van der Waals surface area contributed by atoms with Gasteiger partial charge in [-0.3, -0.25) is 4.99 Å². The van der Waals surface area contributed by atoms with Crippen LogP contribution in [0.4, 0.5) is 4.79 Å². The second kappa shape index (κ2) is 13.6. The molecule has 7 nitrogen and oxygen atoms in total. The number of benzene rings is 1. The molecule has 176 valence electrons. The fraction of sp³-hybridized carbons (Fsp3) is 0.652. The Morgan fingerprint density at radius 2 is 1.94 bits per heavy atom. The number of nitrogens with zero attached hydrogens (tertiary/aromatic N) is 2. The summed E-state index contributed by atoms with van der Waals surface area (Å²) >= 11 is 0. The van der Waals surface area contributed by atoms with Gasteiger partial charge in [0, 0.05) is 32.7 Å². The van der Waals surface area contributed by atoms with Crippen LogP contribution < -0.4 is 15.4 Å². The molecule has 0 aliphatic carbocycles. The minimum absolute atomic E-state index is 0. The largest absolute Gasteiger partial charge is 0.497 e. The molecule has 1 aromatic rings. The van der Waals surface area contributed by atoms with Crippen LogP contribution in [0.1, 0.15) is 46.1 Å². The molecule has 1 unspecified atom stereocenters. The molecule has 0 radical (unpaired) electrons. The van der Waals surface area contributed by atoms with Crippen molar-refractivity contribution in [3.05, 3.63) is 29.8 Å². The molecule has 31 heavy (non-hydrogen) atoms. The number of aliphatic imine (C=N–C) groups is 1. The Kier molecular flexibility index (Phi) is 12.0. The van der Waals surface area contributed by atoms with Gasteiger partial charge in [-0.05, 0) is 70.6 Å². The molecule has 1 heterocycles. The number of methoxy groups -OCH3 is 1. The van der Waals surface area contributed by atoms with Crippen LogP contribution in [0.5, 0.6) is 5.75 Å². The van der Waals surface area contributed by atoms with Gasteiger partial charge in [-0.2, -0.15) is 0 Å². The second-order valence-electron chi connectivity index (χ2n) is 8.68. The van der Waals surface area contributed by atoms with Gasteiger partial charge in [0.25, 0.3) is 0 Å². The van der Waals surface area contributed by atoms with Crippen molar-refractivity contribution in [1.82, 2.24) is 15.5 Å². The molecule has 2 rings (SSSR count). The van der Waals surface area contributed by atoms with Crippen LogP contribution in [-0.2, 0) is 11.2 Å². The van der Waals surface area contributed by atoms with Crippen LogP contribution in [0, 0.1) is 5.92 Å². The first kappa shape index (κ1) is 27.3. The number of halogens is 1. The zero-order valence-corrected chi connectivity index (χ0v) is 21.9. The second-order valence-corrected chi connectivity index (χ2v) is 8.68. The topological polar surface area (TPSA) is 75.2 Å². The van der Waals surface area contributed by atoms with Gasteiger partial charge >= 0.3 is 6.09 Å². The molecule has 0 spiro atoms. The summed E-state index contributed by atoms with van der Waals surface area (Å²) in [5, 5.41) is 6.71. The number of hydrogen-bond donors (Lipinski definition) is 2. The molecule has 1 aliphatic rings. The minimum atomic E-state index is -0.464. The van der Waals surface area contributed by atoms with Crippen molar-refractivity contribution in [3.63, 3.8) is 0 Å². The number of nitrogens with one attached hydrogen (secondary N) is 2. The lowest BCUT2D eigenvalue weighted by Gasteiger charge is -2.33. The lowest BCUT2D eigenvalue weighted by molar-refractivity contribution is 0.0170. The van der Waals surface area contributed by atoms with E-state index in [9.17, 15) is 4.79 Å². The van der Waals surface area contributed by atoms with Gasteiger partial charge in [0.2, 0.25) is 0 Å². The zero-order valence-electron chi connectivity index (χ0n) is 19.6. The zero-order chi connectivity index (χ0) is 22.0. The quantitative estimate of drug-likeness (QED) is 0.307. The van der Waals surface area contributed by atoms with Crippen LogP contribution in [0.25, 0.3) is 0 Å². The summed E-state index contributed by atoms with van der Waals surface area (Å²) in [6, 6.07) is 8.12. The van der Waals surface area contributed by atoms with Gasteiger partial charge in [-0.25, -0.2) is 4.79 Å². The summed E-state index contributed by atoms with van der Waals surface area (Å²) in [4.78, 5) is 18.9. The summed E-state index contributed by atoms with van der Waals surface area (Å²) in [5.41, 5.74) is 0.785. The van der Waals surface area contributed by atoms with Gasteiger partial charge < -0.3 is 25.0 Å². The molecular weight excluding hydrogens is 507 g/mol.